The molecule has 0 radical (unpaired) electrons. The summed E-state index contributed by atoms with van der Waals surface area (Å²) in [6, 6.07) is 1.60. The molecule has 1 N–H and O–H groups in total. The summed E-state index contributed by atoms with van der Waals surface area (Å²) in [6.07, 6.45) is 2.10. The number of hydrogen-bond donors (Lipinski definition) is 1. The number of rotatable bonds is 7. The number of nitrogens with zero attached hydrogens (tertiary/aromatic N) is 2. The normalized spacial score (nSPS) is 11.2. The molecule has 0 amide bonds. The first-order chi connectivity index (χ1) is 8.50. The minimum absolute atomic E-state index is 0.0649. The summed E-state index contributed by atoms with van der Waals surface area (Å²) in [7, 11) is 0. The molecule has 1 heterocycles. The molecule has 4 heteroatoms. The molecule has 1 aromatic rings. The zero-order valence-corrected chi connectivity index (χ0v) is 12.0. The molecule has 0 aliphatic rings. The number of hydrogen-bond acceptors (Lipinski definition) is 3. The molecule has 1 rings (SSSR count). The van der Waals surface area contributed by atoms with Crippen molar-refractivity contribution in [3.05, 3.63) is 27.9 Å². The Kier molecular flexibility index (Phi) is 6.05. The largest absolute Gasteiger partial charge is 0.316 e. The van der Waals surface area contributed by atoms with E-state index >= 15 is 0 Å². The molecule has 0 saturated carbocycles. The molecular weight excluding hydrogens is 226 g/mol. The van der Waals surface area contributed by atoms with Gasteiger partial charge in [0, 0.05) is 18.3 Å². The molecule has 4 nitrogen and oxygen atoms in total. The van der Waals surface area contributed by atoms with Crippen LogP contribution in [0.25, 0.3) is 0 Å². The van der Waals surface area contributed by atoms with Gasteiger partial charge in [-0.05, 0) is 45.7 Å². The van der Waals surface area contributed by atoms with Gasteiger partial charge in [-0.1, -0.05) is 13.8 Å². The van der Waals surface area contributed by atoms with Gasteiger partial charge in [-0.2, -0.15) is 0 Å². The van der Waals surface area contributed by atoms with Crippen molar-refractivity contribution in [2.75, 3.05) is 13.1 Å². The Morgan fingerprint density at radius 1 is 1.33 bits per heavy atom. The molecule has 0 bridgehead atoms. The SMILES string of the molecule is Cc1cc(=O)n(CCCCNCC(C)C)c(C)n1. The van der Waals surface area contributed by atoms with E-state index in [4.69, 9.17) is 0 Å². The van der Waals surface area contributed by atoms with E-state index in [9.17, 15) is 4.79 Å². The van der Waals surface area contributed by atoms with Crippen LogP contribution >= 0.6 is 0 Å². The number of nitrogens with one attached hydrogen (secondary N) is 1. The van der Waals surface area contributed by atoms with Crippen LogP contribution < -0.4 is 10.9 Å². The molecule has 18 heavy (non-hydrogen) atoms. The first-order valence-electron chi connectivity index (χ1n) is 6.76. The van der Waals surface area contributed by atoms with Crippen molar-refractivity contribution in [3.63, 3.8) is 0 Å². The standard InChI is InChI=1S/C14H25N3O/c1-11(2)10-15-7-5-6-8-17-13(4)16-12(3)9-14(17)18/h9,11,15H,5-8,10H2,1-4H3. The topological polar surface area (TPSA) is 46.9 Å². The highest BCUT2D eigenvalue weighted by atomic mass is 16.1. The molecule has 1 aromatic heterocycles. The number of aryl methyl sites for hydroxylation is 2. The van der Waals surface area contributed by atoms with E-state index < -0.39 is 0 Å². The average Bonchev–Trinajstić information content (AvgIpc) is 2.25. The lowest BCUT2D eigenvalue weighted by Gasteiger charge is -2.10. The van der Waals surface area contributed by atoms with Crippen molar-refractivity contribution in [1.29, 1.82) is 0 Å². The van der Waals surface area contributed by atoms with Crippen LogP contribution in [0.1, 0.15) is 38.2 Å². The predicted molar refractivity (Wildman–Crippen MR) is 74.9 cm³/mol. The van der Waals surface area contributed by atoms with Gasteiger partial charge in [-0.25, -0.2) is 4.98 Å². The van der Waals surface area contributed by atoms with Crippen molar-refractivity contribution in [2.24, 2.45) is 5.92 Å². The fraction of sp³-hybridized carbons (Fsp3) is 0.714. The van der Waals surface area contributed by atoms with Crippen molar-refractivity contribution >= 4 is 0 Å². The van der Waals surface area contributed by atoms with Crippen LogP contribution in [-0.4, -0.2) is 22.6 Å². The monoisotopic (exact) mass is 251 g/mol. The van der Waals surface area contributed by atoms with E-state index in [1.807, 2.05) is 13.8 Å². The molecule has 0 aliphatic heterocycles. The molecule has 0 aromatic carbocycles. The quantitative estimate of drug-likeness (QED) is 0.753. The van der Waals surface area contributed by atoms with Gasteiger partial charge in [0.05, 0.1) is 0 Å². The fourth-order valence-corrected chi connectivity index (χ4v) is 1.95. The van der Waals surface area contributed by atoms with Gasteiger partial charge in [0.2, 0.25) is 0 Å². The van der Waals surface area contributed by atoms with Gasteiger partial charge in [0.25, 0.3) is 5.56 Å². The molecule has 0 spiro atoms. The zero-order chi connectivity index (χ0) is 13.5. The van der Waals surface area contributed by atoms with Crippen LogP contribution in [0.3, 0.4) is 0 Å². The Morgan fingerprint density at radius 2 is 2.06 bits per heavy atom. The lowest BCUT2D eigenvalue weighted by Crippen LogP contribution is -2.25. The third-order valence-electron chi connectivity index (χ3n) is 2.87. The van der Waals surface area contributed by atoms with Gasteiger partial charge >= 0.3 is 0 Å². The molecule has 0 saturated heterocycles. The molecule has 0 aliphatic carbocycles. The lowest BCUT2D eigenvalue weighted by molar-refractivity contribution is 0.510. The van der Waals surface area contributed by atoms with Crippen LogP contribution in [0.15, 0.2) is 10.9 Å². The second-order valence-corrected chi connectivity index (χ2v) is 5.24. The first kappa shape index (κ1) is 14.9. The average molecular weight is 251 g/mol. The van der Waals surface area contributed by atoms with Gasteiger partial charge in [0.15, 0.2) is 0 Å². The minimum atomic E-state index is 0.0649. The van der Waals surface area contributed by atoms with Crippen LogP contribution in [0.2, 0.25) is 0 Å². The molecular formula is C14H25N3O. The van der Waals surface area contributed by atoms with E-state index in [2.05, 4.69) is 24.1 Å². The minimum Gasteiger partial charge on any atom is -0.316 e. The van der Waals surface area contributed by atoms with E-state index in [-0.39, 0.29) is 5.56 Å². The summed E-state index contributed by atoms with van der Waals surface area (Å²) in [5.41, 5.74) is 0.863. The van der Waals surface area contributed by atoms with Crippen LogP contribution in [0, 0.1) is 19.8 Å². The molecule has 102 valence electrons. The summed E-state index contributed by atoms with van der Waals surface area (Å²) >= 11 is 0. The maximum absolute atomic E-state index is 11.8. The van der Waals surface area contributed by atoms with Gasteiger partial charge in [0.1, 0.15) is 5.82 Å². The van der Waals surface area contributed by atoms with Crippen molar-refractivity contribution in [3.8, 4) is 0 Å². The van der Waals surface area contributed by atoms with E-state index in [0.29, 0.717) is 5.92 Å². The van der Waals surface area contributed by atoms with Gasteiger partial charge in [-0.15, -0.1) is 0 Å². The van der Waals surface area contributed by atoms with Gasteiger partial charge in [-0.3, -0.25) is 9.36 Å². The Bertz CT molecular complexity index is 424. The smallest absolute Gasteiger partial charge is 0.253 e. The summed E-state index contributed by atoms with van der Waals surface area (Å²) in [5, 5.41) is 3.41. The van der Waals surface area contributed by atoms with Crippen LogP contribution in [0.4, 0.5) is 0 Å². The molecule has 0 unspecified atom stereocenters. The van der Waals surface area contributed by atoms with Crippen LogP contribution in [0.5, 0.6) is 0 Å². The summed E-state index contributed by atoms with van der Waals surface area (Å²) in [4.78, 5) is 16.1. The van der Waals surface area contributed by atoms with E-state index in [1.165, 1.54) is 0 Å². The van der Waals surface area contributed by atoms with E-state index in [0.717, 1.165) is 44.0 Å². The highest BCUT2D eigenvalue weighted by molar-refractivity contribution is 5.01. The molecule has 0 atom stereocenters. The fourth-order valence-electron chi connectivity index (χ4n) is 1.95. The summed E-state index contributed by atoms with van der Waals surface area (Å²) < 4.78 is 1.76. The van der Waals surface area contributed by atoms with Crippen molar-refractivity contribution in [2.45, 2.75) is 47.1 Å². The zero-order valence-electron chi connectivity index (χ0n) is 12.0. The van der Waals surface area contributed by atoms with E-state index in [1.54, 1.807) is 10.6 Å². The Hall–Kier alpha value is -1.16. The van der Waals surface area contributed by atoms with Crippen molar-refractivity contribution in [1.82, 2.24) is 14.9 Å². The third-order valence-corrected chi connectivity index (χ3v) is 2.87. The highest BCUT2D eigenvalue weighted by Gasteiger charge is 2.02. The Labute approximate surface area is 109 Å². The second kappa shape index (κ2) is 7.31. The predicted octanol–water partition coefficient (Wildman–Crippen LogP) is 1.89. The Balaban J connectivity index is 2.34. The number of aromatic nitrogens is 2. The van der Waals surface area contributed by atoms with Crippen LogP contribution in [-0.2, 0) is 6.54 Å². The summed E-state index contributed by atoms with van der Waals surface area (Å²) in [6.45, 7) is 11.0. The highest BCUT2D eigenvalue weighted by Crippen LogP contribution is 1.97. The first-order valence-corrected chi connectivity index (χ1v) is 6.76. The van der Waals surface area contributed by atoms with Gasteiger partial charge < -0.3 is 5.32 Å². The summed E-state index contributed by atoms with van der Waals surface area (Å²) in [5.74, 6) is 1.51. The Morgan fingerprint density at radius 3 is 2.67 bits per heavy atom. The third kappa shape index (κ3) is 5.00. The lowest BCUT2D eigenvalue weighted by atomic mass is 10.2. The number of unbranched alkanes of at least 4 members (excludes halogenated alkanes) is 1. The van der Waals surface area contributed by atoms with Crippen molar-refractivity contribution < 1.29 is 0 Å². The second-order valence-electron chi connectivity index (χ2n) is 5.24. The maximum Gasteiger partial charge on any atom is 0.253 e. The maximum atomic E-state index is 11.8. The molecule has 0 fully saturated rings.